The van der Waals surface area contributed by atoms with Gasteiger partial charge in [-0.05, 0) is 36.7 Å². The van der Waals surface area contributed by atoms with E-state index in [1.54, 1.807) is 23.9 Å². The third-order valence-corrected chi connectivity index (χ3v) is 5.44. The molecule has 1 aliphatic rings. The van der Waals surface area contributed by atoms with Crippen LogP contribution in [0.15, 0.2) is 41.1 Å². The number of hydrogen-bond acceptors (Lipinski definition) is 4. The quantitative estimate of drug-likeness (QED) is 0.677. The van der Waals surface area contributed by atoms with Gasteiger partial charge in [-0.1, -0.05) is 17.7 Å². The predicted molar refractivity (Wildman–Crippen MR) is 104 cm³/mol. The van der Waals surface area contributed by atoms with Gasteiger partial charge in [-0.3, -0.25) is 9.48 Å². The molecule has 1 aliphatic heterocycles. The Morgan fingerprint density at radius 3 is 2.90 bits per heavy atom. The van der Waals surface area contributed by atoms with Crippen LogP contribution in [-0.2, 0) is 7.05 Å². The highest BCUT2D eigenvalue weighted by Crippen LogP contribution is 2.30. The van der Waals surface area contributed by atoms with Crippen molar-refractivity contribution in [3.8, 4) is 11.3 Å². The van der Waals surface area contributed by atoms with Gasteiger partial charge in [0.2, 0.25) is 0 Å². The molecule has 1 saturated heterocycles. The van der Waals surface area contributed by atoms with E-state index in [1.165, 1.54) is 18.5 Å². The molecule has 1 aromatic carbocycles. The first-order chi connectivity index (χ1) is 13.9. The normalized spacial score (nSPS) is 19.3. The van der Waals surface area contributed by atoms with Crippen molar-refractivity contribution in [2.45, 2.75) is 18.4 Å². The molecule has 6 nitrogen and oxygen atoms in total. The number of nitrogens with zero attached hydrogens (tertiary/aromatic N) is 2. The van der Waals surface area contributed by atoms with Crippen molar-refractivity contribution < 1.29 is 18.0 Å². The van der Waals surface area contributed by atoms with Crippen LogP contribution in [0.25, 0.3) is 11.3 Å². The highest BCUT2D eigenvalue weighted by Gasteiger charge is 2.29. The standard InChI is InChI=1S/C20H19ClF2N4O2/c1-27-19(14(21)8-25-27)12-7-18(29-10-12)20(28)26-17-9-24-5-4-13(17)11-2-3-15(22)16(23)6-11/h2-3,6-8,10,13,17,24H,4-5,9H2,1H3,(H,26,28)/t13-,17+/m1/s1. The number of aryl methyl sites for hydroxylation is 1. The molecule has 0 spiro atoms. The van der Waals surface area contributed by atoms with Gasteiger partial charge in [0.05, 0.1) is 16.9 Å². The number of hydrogen-bond donors (Lipinski definition) is 2. The lowest BCUT2D eigenvalue weighted by atomic mass is 9.86. The summed E-state index contributed by atoms with van der Waals surface area (Å²) in [5.41, 5.74) is 1.94. The number of halogens is 3. The third kappa shape index (κ3) is 3.90. The molecule has 4 rings (SSSR count). The van der Waals surface area contributed by atoms with Crippen LogP contribution in [0, 0.1) is 11.6 Å². The van der Waals surface area contributed by atoms with Crippen molar-refractivity contribution in [2.24, 2.45) is 7.05 Å². The second kappa shape index (κ2) is 7.96. The Labute approximate surface area is 170 Å². The summed E-state index contributed by atoms with van der Waals surface area (Å²) in [5, 5.41) is 10.7. The van der Waals surface area contributed by atoms with Gasteiger partial charge in [-0.25, -0.2) is 8.78 Å². The second-order valence-electron chi connectivity index (χ2n) is 7.02. The summed E-state index contributed by atoms with van der Waals surface area (Å²) in [7, 11) is 1.74. The van der Waals surface area contributed by atoms with Crippen LogP contribution in [0.1, 0.15) is 28.5 Å². The molecule has 152 valence electrons. The number of nitrogens with one attached hydrogen (secondary N) is 2. The van der Waals surface area contributed by atoms with E-state index in [-0.39, 0.29) is 17.7 Å². The largest absolute Gasteiger partial charge is 0.458 e. The minimum absolute atomic E-state index is 0.131. The van der Waals surface area contributed by atoms with Crippen LogP contribution < -0.4 is 10.6 Å². The first-order valence-corrected chi connectivity index (χ1v) is 9.54. The van der Waals surface area contributed by atoms with E-state index in [2.05, 4.69) is 15.7 Å². The molecular weight excluding hydrogens is 402 g/mol. The van der Waals surface area contributed by atoms with E-state index in [4.69, 9.17) is 16.0 Å². The first kappa shape index (κ1) is 19.6. The maximum Gasteiger partial charge on any atom is 0.287 e. The minimum atomic E-state index is -0.894. The van der Waals surface area contributed by atoms with Crippen molar-refractivity contribution in [1.82, 2.24) is 20.4 Å². The number of piperidine rings is 1. The first-order valence-electron chi connectivity index (χ1n) is 9.17. The number of carbonyl (C=O) groups is 1. The summed E-state index contributed by atoms with van der Waals surface area (Å²) in [4.78, 5) is 12.7. The zero-order valence-electron chi connectivity index (χ0n) is 15.6. The summed E-state index contributed by atoms with van der Waals surface area (Å²) in [6.45, 7) is 1.23. The van der Waals surface area contributed by atoms with Crippen LogP contribution in [-0.4, -0.2) is 34.8 Å². The number of aromatic nitrogens is 2. The Morgan fingerprint density at radius 1 is 1.34 bits per heavy atom. The van der Waals surface area contributed by atoms with Crippen LogP contribution >= 0.6 is 11.6 Å². The molecule has 0 bridgehead atoms. The fourth-order valence-electron chi connectivity index (χ4n) is 3.71. The lowest BCUT2D eigenvalue weighted by molar-refractivity contribution is 0.0896. The van der Waals surface area contributed by atoms with Crippen LogP contribution in [0.5, 0.6) is 0 Å². The Kier molecular flexibility index (Phi) is 5.38. The molecule has 0 aliphatic carbocycles. The smallest absolute Gasteiger partial charge is 0.287 e. The van der Waals surface area contributed by atoms with Gasteiger partial charge < -0.3 is 15.1 Å². The van der Waals surface area contributed by atoms with Gasteiger partial charge >= 0.3 is 0 Å². The summed E-state index contributed by atoms with van der Waals surface area (Å²) < 4.78 is 34.0. The lowest BCUT2D eigenvalue weighted by Crippen LogP contribution is -2.50. The fraction of sp³-hybridized carbons (Fsp3) is 0.300. The molecule has 2 aromatic heterocycles. The molecule has 0 saturated carbocycles. The SMILES string of the molecule is Cn1ncc(Cl)c1-c1coc(C(=O)N[C@H]2CNCC[C@@H]2c2ccc(F)c(F)c2)c1. The van der Waals surface area contributed by atoms with Crippen molar-refractivity contribution in [2.75, 3.05) is 13.1 Å². The zero-order chi connectivity index (χ0) is 20.5. The van der Waals surface area contributed by atoms with Gasteiger partial charge in [-0.2, -0.15) is 5.10 Å². The Balaban J connectivity index is 1.53. The highest BCUT2D eigenvalue weighted by atomic mass is 35.5. The number of benzene rings is 1. The van der Waals surface area contributed by atoms with Gasteiger partial charge in [0.1, 0.15) is 6.26 Å². The van der Waals surface area contributed by atoms with Crippen molar-refractivity contribution >= 4 is 17.5 Å². The average Bonchev–Trinajstić information content (AvgIpc) is 3.31. The number of furan rings is 1. The van der Waals surface area contributed by atoms with Crippen LogP contribution in [0.2, 0.25) is 5.02 Å². The minimum Gasteiger partial charge on any atom is -0.458 e. The van der Waals surface area contributed by atoms with E-state index >= 15 is 0 Å². The van der Waals surface area contributed by atoms with Gasteiger partial charge in [0, 0.05) is 31.1 Å². The molecule has 0 unspecified atom stereocenters. The van der Waals surface area contributed by atoms with E-state index in [9.17, 15) is 13.6 Å². The molecule has 0 radical (unpaired) electrons. The van der Waals surface area contributed by atoms with Crippen molar-refractivity contribution in [3.05, 3.63) is 64.7 Å². The zero-order valence-corrected chi connectivity index (χ0v) is 16.3. The van der Waals surface area contributed by atoms with E-state index < -0.39 is 17.5 Å². The van der Waals surface area contributed by atoms with Crippen LogP contribution in [0.3, 0.4) is 0 Å². The van der Waals surface area contributed by atoms with Gasteiger partial charge in [-0.15, -0.1) is 0 Å². The molecular formula is C20H19ClF2N4O2. The summed E-state index contributed by atoms with van der Waals surface area (Å²) in [5.74, 6) is -2.19. The summed E-state index contributed by atoms with van der Waals surface area (Å²) in [6, 6.07) is 5.17. The average molecular weight is 421 g/mol. The highest BCUT2D eigenvalue weighted by molar-refractivity contribution is 6.33. The maximum absolute atomic E-state index is 13.7. The maximum atomic E-state index is 13.7. The molecule has 3 aromatic rings. The summed E-state index contributed by atoms with van der Waals surface area (Å²) in [6.07, 6.45) is 3.65. The van der Waals surface area contributed by atoms with E-state index in [1.807, 2.05) is 0 Å². The molecule has 1 fully saturated rings. The van der Waals surface area contributed by atoms with E-state index in [0.717, 1.165) is 12.6 Å². The molecule has 2 N–H and O–H groups in total. The Bertz CT molecular complexity index is 1030. The van der Waals surface area contributed by atoms with Crippen molar-refractivity contribution in [3.63, 3.8) is 0 Å². The van der Waals surface area contributed by atoms with E-state index in [0.29, 0.717) is 34.8 Å². The number of carbonyl (C=O) groups excluding carboxylic acids is 1. The fourth-order valence-corrected chi connectivity index (χ4v) is 3.98. The van der Waals surface area contributed by atoms with Crippen molar-refractivity contribution in [1.29, 1.82) is 0 Å². The molecule has 29 heavy (non-hydrogen) atoms. The topological polar surface area (TPSA) is 72.1 Å². The lowest BCUT2D eigenvalue weighted by Gasteiger charge is -2.33. The number of rotatable bonds is 4. The molecule has 2 atom stereocenters. The molecule has 3 heterocycles. The predicted octanol–water partition coefficient (Wildman–Crippen LogP) is 3.49. The molecule has 9 heteroatoms. The Morgan fingerprint density at radius 2 is 2.17 bits per heavy atom. The number of amides is 1. The Hall–Kier alpha value is -2.71. The van der Waals surface area contributed by atoms with Gasteiger partial charge in [0.15, 0.2) is 17.4 Å². The third-order valence-electron chi connectivity index (χ3n) is 5.16. The monoisotopic (exact) mass is 420 g/mol. The van der Waals surface area contributed by atoms with Gasteiger partial charge in [0.25, 0.3) is 5.91 Å². The second-order valence-corrected chi connectivity index (χ2v) is 7.42. The van der Waals surface area contributed by atoms with Crippen LogP contribution in [0.4, 0.5) is 8.78 Å². The molecule has 1 amide bonds. The summed E-state index contributed by atoms with van der Waals surface area (Å²) >= 11 is 6.14.